The molecule has 5 heteroatoms. The number of halogens is 1. The van der Waals surface area contributed by atoms with Gasteiger partial charge in [-0.2, -0.15) is 0 Å². The van der Waals surface area contributed by atoms with E-state index in [0.29, 0.717) is 30.1 Å². The normalized spacial score (nSPS) is 15.6. The van der Waals surface area contributed by atoms with Crippen LogP contribution < -0.4 is 9.80 Å². The van der Waals surface area contributed by atoms with Crippen LogP contribution in [0, 0.1) is 0 Å². The number of carbonyl (C=O) groups is 2. The van der Waals surface area contributed by atoms with Gasteiger partial charge in [0.25, 0.3) is 5.91 Å². The maximum absolute atomic E-state index is 13.1. The summed E-state index contributed by atoms with van der Waals surface area (Å²) < 4.78 is 0. The predicted octanol–water partition coefficient (Wildman–Crippen LogP) is 4.23. The second kappa shape index (κ2) is 6.76. The summed E-state index contributed by atoms with van der Waals surface area (Å²) in [7, 11) is 0. The first kappa shape index (κ1) is 17.1. The van der Waals surface area contributed by atoms with Crippen molar-refractivity contribution in [2.45, 2.75) is 32.6 Å². The number of nitrogens with zero attached hydrogens (tertiary/aromatic N) is 2. The van der Waals surface area contributed by atoms with Crippen molar-refractivity contribution in [3.63, 3.8) is 0 Å². The summed E-state index contributed by atoms with van der Waals surface area (Å²) >= 11 is 6.10. The summed E-state index contributed by atoms with van der Waals surface area (Å²) in [5, 5.41) is 0.705. The number of hydrogen-bond donors (Lipinski definition) is 0. The van der Waals surface area contributed by atoms with Gasteiger partial charge in [0.2, 0.25) is 5.91 Å². The molecule has 0 bridgehead atoms. The van der Waals surface area contributed by atoms with Gasteiger partial charge in [-0.1, -0.05) is 18.5 Å². The third-order valence-corrected chi connectivity index (χ3v) is 5.47. The van der Waals surface area contributed by atoms with Gasteiger partial charge in [0.15, 0.2) is 0 Å². The van der Waals surface area contributed by atoms with Crippen LogP contribution in [0.25, 0.3) is 0 Å². The van der Waals surface area contributed by atoms with E-state index in [1.807, 2.05) is 53.1 Å². The number of fused-ring (bicyclic) bond motifs is 2. The number of rotatable bonds is 2. The standard InChI is InChI=1S/C21H21ClN2O2/c1-2-20(25)23-11-9-15-12-16(5-7-18(15)23)21(26)24-10-3-4-14-13-17(22)6-8-19(14)24/h5-8,12-13H,2-4,9-11H2,1H3. The summed E-state index contributed by atoms with van der Waals surface area (Å²) in [6.45, 7) is 3.29. The summed E-state index contributed by atoms with van der Waals surface area (Å²) in [6, 6.07) is 11.4. The Morgan fingerprint density at radius 2 is 1.69 bits per heavy atom. The van der Waals surface area contributed by atoms with Crippen LogP contribution in [0.3, 0.4) is 0 Å². The quantitative estimate of drug-likeness (QED) is 0.795. The fourth-order valence-electron chi connectivity index (χ4n) is 3.92. The molecule has 0 saturated heterocycles. The first-order chi connectivity index (χ1) is 12.6. The molecule has 4 rings (SSSR count). The van der Waals surface area contributed by atoms with Crippen molar-refractivity contribution in [2.75, 3.05) is 22.9 Å². The van der Waals surface area contributed by atoms with Crippen molar-refractivity contribution in [1.82, 2.24) is 0 Å². The minimum atomic E-state index is 0.0105. The molecular formula is C21H21ClN2O2. The zero-order valence-corrected chi connectivity index (χ0v) is 15.6. The topological polar surface area (TPSA) is 40.6 Å². The second-order valence-corrected chi connectivity index (χ2v) is 7.26. The highest BCUT2D eigenvalue weighted by molar-refractivity contribution is 6.30. The van der Waals surface area contributed by atoms with E-state index < -0.39 is 0 Å². The Labute approximate surface area is 158 Å². The molecule has 0 unspecified atom stereocenters. The molecule has 0 fully saturated rings. The molecule has 2 aromatic carbocycles. The number of amides is 2. The van der Waals surface area contributed by atoms with Gasteiger partial charge in [0, 0.05) is 41.5 Å². The molecule has 0 spiro atoms. The molecule has 0 N–H and O–H groups in total. The molecule has 2 amide bonds. The van der Waals surface area contributed by atoms with E-state index in [0.717, 1.165) is 41.8 Å². The lowest BCUT2D eigenvalue weighted by molar-refractivity contribution is -0.118. The fourth-order valence-corrected chi connectivity index (χ4v) is 4.11. The zero-order valence-electron chi connectivity index (χ0n) is 14.8. The molecule has 4 nitrogen and oxygen atoms in total. The van der Waals surface area contributed by atoms with Gasteiger partial charge >= 0.3 is 0 Å². The molecule has 2 aliphatic rings. The maximum atomic E-state index is 13.1. The molecular weight excluding hydrogens is 348 g/mol. The highest BCUT2D eigenvalue weighted by Gasteiger charge is 2.27. The lowest BCUT2D eigenvalue weighted by Crippen LogP contribution is -2.35. The van der Waals surface area contributed by atoms with Crippen molar-refractivity contribution < 1.29 is 9.59 Å². The zero-order chi connectivity index (χ0) is 18.3. The number of benzene rings is 2. The van der Waals surface area contributed by atoms with E-state index in [9.17, 15) is 9.59 Å². The molecule has 0 aliphatic carbocycles. The molecule has 2 heterocycles. The second-order valence-electron chi connectivity index (χ2n) is 6.83. The first-order valence-corrected chi connectivity index (χ1v) is 9.50. The number of anilines is 2. The van der Waals surface area contributed by atoms with Crippen molar-refractivity contribution in [3.8, 4) is 0 Å². The average Bonchev–Trinajstić information content (AvgIpc) is 3.09. The molecule has 26 heavy (non-hydrogen) atoms. The molecule has 0 aromatic heterocycles. The summed E-state index contributed by atoms with van der Waals surface area (Å²) in [4.78, 5) is 28.8. The van der Waals surface area contributed by atoms with E-state index in [-0.39, 0.29) is 11.8 Å². The van der Waals surface area contributed by atoms with Crippen LogP contribution in [0.1, 0.15) is 41.3 Å². The van der Waals surface area contributed by atoms with E-state index >= 15 is 0 Å². The van der Waals surface area contributed by atoms with Crippen molar-refractivity contribution in [2.24, 2.45) is 0 Å². The molecule has 134 valence electrons. The third kappa shape index (κ3) is 2.88. The van der Waals surface area contributed by atoms with E-state index in [2.05, 4.69) is 0 Å². The van der Waals surface area contributed by atoms with Crippen LogP contribution in [0.2, 0.25) is 5.02 Å². The lowest BCUT2D eigenvalue weighted by Gasteiger charge is -2.30. The Kier molecular flexibility index (Phi) is 4.45. The van der Waals surface area contributed by atoms with Crippen LogP contribution >= 0.6 is 11.6 Å². The van der Waals surface area contributed by atoms with Crippen LogP contribution in [0.5, 0.6) is 0 Å². The summed E-state index contributed by atoms with van der Waals surface area (Å²) in [5.74, 6) is 0.140. The van der Waals surface area contributed by atoms with Gasteiger partial charge in [-0.15, -0.1) is 0 Å². The third-order valence-electron chi connectivity index (χ3n) is 5.23. The van der Waals surface area contributed by atoms with Gasteiger partial charge in [-0.05, 0) is 66.8 Å². The van der Waals surface area contributed by atoms with Gasteiger partial charge in [-0.3, -0.25) is 9.59 Å². The molecule has 0 atom stereocenters. The Morgan fingerprint density at radius 3 is 2.50 bits per heavy atom. The minimum absolute atomic E-state index is 0.0105. The van der Waals surface area contributed by atoms with Gasteiger partial charge < -0.3 is 9.80 Å². The van der Waals surface area contributed by atoms with E-state index in [1.54, 1.807) is 0 Å². The molecule has 0 saturated carbocycles. The Morgan fingerprint density at radius 1 is 0.962 bits per heavy atom. The van der Waals surface area contributed by atoms with Gasteiger partial charge in [0.1, 0.15) is 0 Å². The number of carbonyl (C=O) groups excluding carboxylic acids is 2. The van der Waals surface area contributed by atoms with E-state index in [1.165, 1.54) is 0 Å². The summed E-state index contributed by atoms with van der Waals surface area (Å²) in [6.07, 6.45) is 3.17. The van der Waals surface area contributed by atoms with Gasteiger partial charge in [-0.25, -0.2) is 0 Å². The van der Waals surface area contributed by atoms with Gasteiger partial charge in [0.05, 0.1) is 0 Å². The fraction of sp³-hybridized carbons (Fsp3) is 0.333. The average molecular weight is 369 g/mol. The Balaban J connectivity index is 1.64. The SMILES string of the molecule is CCC(=O)N1CCc2cc(C(=O)N3CCCc4cc(Cl)ccc43)ccc21. The molecule has 2 aromatic rings. The van der Waals surface area contributed by atoms with E-state index in [4.69, 9.17) is 11.6 Å². The highest BCUT2D eigenvalue weighted by atomic mass is 35.5. The number of hydrogen-bond acceptors (Lipinski definition) is 2. The van der Waals surface area contributed by atoms with Crippen molar-refractivity contribution in [3.05, 3.63) is 58.1 Å². The minimum Gasteiger partial charge on any atom is -0.312 e. The highest BCUT2D eigenvalue weighted by Crippen LogP contribution is 2.33. The predicted molar refractivity (Wildman–Crippen MR) is 104 cm³/mol. The van der Waals surface area contributed by atoms with Crippen LogP contribution in [0.4, 0.5) is 11.4 Å². The molecule has 2 aliphatic heterocycles. The monoisotopic (exact) mass is 368 g/mol. The maximum Gasteiger partial charge on any atom is 0.258 e. The van der Waals surface area contributed by atoms with Crippen molar-refractivity contribution >= 4 is 34.8 Å². The Hall–Kier alpha value is -2.33. The largest absolute Gasteiger partial charge is 0.312 e. The lowest BCUT2D eigenvalue weighted by atomic mass is 10.00. The first-order valence-electron chi connectivity index (χ1n) is 9.12. The van der Waals surface area contributed by atoms with Crippen LogP contribution in [-0.4, -0.2) is 24.9 Å². The summed E-state index contributed by atoms with van der Waals surface area (Å²) in [5.41, 5.74) is 4.77. The Bertz CT molecular complexity index is 894. The van der Waals surface area contributed by atoms with Crippen molar-refractivity contribution in [1.29, 1.82) is 0 Å². The molecule has 0 radical (unpaired) electrons. The number of aryl methyl sites for hydroxylation is 1. The van der Waals surface area contributed by atoms with Crippen LogP contribution in [-0.2, 0) is 17.6 Å². The van der Waals surface area contributed by atoms with Crippen LogP contribution in [0.15, 0.2) is 36.4 Å². The smallest absolute Gasteiger partial charge is 0.258 e.